The van der Waals surface area contributed by atoms with Crippen molar-refractivity contribution in [1.29, 1.82) is 0 Å². The molecular weight excluding hydrogens is 709 g/mol. The molecule has 2 aliphatic heterocycles. The second-order valence-electron chi connectivity index (χ2n) is 20.4. The molecule has 7 unspecified atom stereocenters. The Labute approximate surface area is 338 Å². The van der Waals surface area contributed by atoms with Gasteiger partial charge in [0.1, 0.15) is 12.1 Å². The van der Waals surface area contributed by atoms with Gasteiger partial charge in [-0.05, 0) is 141 Å². The predicted molar refractivity (Wildman–Crippen MR) is 219 cm³/mol. The van der Waals surface area contributed by atoms with Crippen molar-refractivity contribution < 1.29 is 29.4 Å². The Kier molecular flexibility index (Phi) is 14.9. The lowest BCUT2D eigenvalue weighted by Crippen LogP contribution is -2.62. The molecule has 0 aromatic carbocycles. The molecule has 12 nitrogen and oxygen atoms in total. The van der Waals surface area contributed by atoms with Crippen molar-refractivity contribution in [3.8, 4) is 0 Å². The van der Waals surface area contributed by atoms with Gasteiger partial charge in [0, 0.05) is 62.1 Å². The Morgan fingerprint density at radius 1 is 1.02 bits per heavy atom. The van der Waals surface area contributed by atoms with E-state index < -0.39 is 24.2 Å². The smallest absolute Gasteiger partial charge is 0.240 e. The Morgan fingerprint density at radius 2 is 1.79 bits per heavy atom. The number of nitrogens with zero attached hydrogens (tertiary/aromatic N) is 3. The molecule has 7 aliphatic rings. The summed E-state index contributed by atoms with van der Waals surface area (Å²) in [4.78, 5) is 39.5. The van der Waals surface area contributed by atoms with Gasteiger partial charge in [-0.2, -0.15) is 5.06 Å². The van der Waals surface area contributed by atoms with Crippen LogP contribution in [0.2, 0.25) is 0 Å². The zero-order valence-electron chi connectivity index (χ0n) is 36.4. The number of aliphatic hydroxyl groups excluding tert-OH is 2. The number of fused-ring (bicyclic) bond motifs is 2. The maximum Gasteiger partial charge on any atom is 0.240 e. The van der Waals surface area contributed by atoms with Gasteiger partial charge < -0.3 is 40.7 Å². The van der Waals surface area contributed by atoms with E-state index in [2.05, 4.69) is 74.7 Å². The van der Waals surface area contributed by atoms with Crippen molar-refractivity contribution in [1.82, 2.24) is 30.8 Å². The first-order valence-corrected chi connectivity index (χ1v) is 22.5. The molecule has 56 heavy (non-hydrogen) atoms. The molecule has 16 atom stereocenters. The van der Waals surface area contributed by atoms with E-state index in [0.29, 0.717) is 47.7 Å². The first-order valence-electron chi connectivity index (χ1n) is 22.5. The minimum atomic E-state index is -0.828. The molecule has 7 rings (SSSR count). The average molecular weight is 789 g/mol. The van der Waals surface area contributed by atoms with Crippen LogP contribution in [0.1, 0.15) is 105 Å². The maximum atomic E-state index is 14.4. The summed E-state index contributed by atoms with van der Waals surface area (Å²) >= 11 is 0. The average Bonchev–Trinajstić information content (AvgIpc) is 3.53. The number of amides is 2. The number of carbonyl (C=O) groups is 2. The number of nitrogens with one attached hydrogen (secondary N) is 3. The van der Waals surface area contributed by atoms with Crippen LogP contribution in [0.15, 0.2) is 0 Å². The highest BCUT2D eigenvalue weighted by molar-refractivity contribution is 5.83. The molecule has 2 saturated heterocycles. The van der Waals surface area contributed by atoms with Gasteiger partial charge in [-0.3, -0.25) is 14.4 Å². The fourth-order valence-electron chi connectivity index (χ4n) is 12.8. The topological polar surface area (TPSA) is 139 Å². The number of methoxy groups -OCH3 is 1. The normalized spacial score (nSPS) is 41.2. The highest BCUT2D eigenvalue weighted by Crippen LogP contribution is 2.61. The third-order valence-electron chi connectivity index (χ3n) is 16.1. The van der Waals surface area contributed by atoms with Gasteiger partial charge in [0.25, 0.3) is 0 Å². The zero-order valence-corrected chi connectivity index (χ0v) is 36.4. The quantitative estimate of drug-likeness (QED) is 0.168. The summed E-state index contributed by atoms with van der Waals surface area (Å²) in [5.41, 5.74) is 0.315. The van der Waals surface area contributed by atoms with Crippen molar-refractivity contribution in [3.05, 3.63) is 0 Å². The molecule has 0 aromatic rings. The van der Waals surface area contributed by atoms with E-state index in [-0.39, 0.29) is 54.4 Å². The number of aliphatic hydroxyl groups is 2. The zero-order chi connectivity index (χ0) is 40.5. The molecule has 0 spiro atoms. The molecule has 2 amide bonds. The Hall–Kier alpha value is -1.38. The van der Waals surface area contributed by atoms with Crippen LogP contribution in [-0.4, -0.2) is 147 Å². The molecule has 7 fully saturated rings. The number of hydrogen-bond donors (Lipinski definition) is 5. The van der Waals surface area contributed by atoms with E-state index in [1.165, 1.54) is 25.7 Å². The van der Waals surface area contributed by atoms with Crippen LogP contribution in [0, 0.1) is 52.8 Å². The molecule has 5 saturated carbocycles. The van der Waals surface area contributed by atoms with E-state index in [1.807, 2.05) is 7.11 Å². The lowest BCUT2D eigenvalue weighted by molar-refractivity contribution is -0.193. The minimum Gasteiger partial charge on any atom is -0.394 e. The van der Waals surface area contributed by atoms with Crippen LogP contribution >= 0.6 is 0 Å². The van der Waals surface area contributed by atoms with Crippen LogP contribution < -0.4 is 16.0 Å². The number of carbonyl (C=O) groups excluding carboxylic acids is 2. The number of rotatable bonds is 15. The highest BCUT2D eigenvalue weighted by atomic mass is 16.7. The summed E-state index contributed by atoms with van der Waals surface area (Å²) in [6.07, 6.45) is 11.0. The summed E-state index contributed by atoms with van der Waals surface area (Å²) in [5.74, 6) is 1.76. The molecular formula is C44H80N6O6. The Bertz CT molecular complexity index is 1290. The van der Waals surface area contributed by atoms with Crippen molar-refractivity contribution in [2.45, 2.75) is 153 Å². The summed E-state index contributed by atoms with van der Waals surface area (Å²) in [6, 6.07) is 0.253. The van der Waals surface area contributed by atoms with Crippen LogP contribution in [0.3, 0.4) is 0 Å². The molecule has 2 heterocycles. The van der Waals surface area contributed by atoms with E-state index in [4.69, 9.17) is 9.57 Å². The van der Waals surface area contributed by atoms with Gasteiger partial charge in [0.05, 0.1) is 18.8 Å². The van der Waals surface area contributed by atoms with Gasteiger partial charge in [0.2, 0.25) is 11.8 Å². The molecule has 5 N–H and O–H groups in total. The number of hydroxylamine groups is 2. The second kappa shape index (κ2) is 18.9. The second-order valence-corrected chi connectivity index (χ2v) is 20.4. The van der Waals surface area contributed by atoms with Gasteiger partial charge in [-0.1, -0.05) is 33.6 Å². The molecule has 0 radical (unpaired) electrons. The van der Waals surface area contributed by atoms with E-state index in [0.717, 1.165) is 64.5 Å². The van der Waals surface area contributed by atoms with Gasteiger partial charge >= 0.3 is 0 Å². The summed E-state index contributed by atoms with van der Waals surface area (Å²) in [5, 5.41) is 33.9. The van der Waals surface area contributed by atoms with Crippen LogP contribution in [0.25, 0.3) is 0 Å². The van der Waals surface area contributed by atoms with E-state index in [9.17, 15) is 19.8 Å². The lowest BCUT2D eigenvalue weighted by atomic mass is 9.45. The number of hydrogen-bond acceptors (Lipinski definition) is 10. The standard InChI is InChI=1S/C44H80N6O6/c1-26-36-20-31(44(36,3)4)21-37(26)47-43(54)40-39(27(2)52)38(25-51)56-50(40)23-28-13-12-15-35(41(28)55-9)29-17-30(19-34(18-29)49(7)8)42(53)46-33(24-48(5)6)22-32-14-10-11-16-45-32/h26-41,45,51-52H,10-25H2,1-9H3,(H,46,53)(H,47,54)/t26-,27-,28?,29?,30?,31+,32?,33+,34?,35?,36-,37-,38-,39-,40-,41?/m0/s1. The van der Waals surface area contributed by atoms with Gasteiger partial charge in [-0.15, -0.1) is 0 Å². The van der Waals surface area contributed by atoms with Gasteiger partial charge in [-0.25, -0.2) is 0 Å². The molecule has 2 bridgehead atoms. The van der Waals surface area contributed by atoms with E-state index >= 15 is 0 Å². The minimum absolute atomic E-state index is 0.0598. The third-order valence-corrected chi connectivity index (χ3v) is 16.1. The fraction of sp³-hybridized carbons (Fsp3) is 0.955. The highest BCUT2D eigenvalue weighted by Gasteiger charge is 2.58. The predicted octanol–water partition coefficient (Wildman–Crippen LogP) is 3.50. The fourth-order valence-corrected chi connectivity index (χ4v) is 12.8. The molecule has 5 aliphatic carbocycles. The first kappa shape index (κ1) is 44.2. The number of piperidine rings is 1. The van der Waals surface area contributed by atoms with Crippen molar-refractivity contribution in [2.24, 2.45) is 52.8 Å². The van der Waals surface area contributed by atoms with Crippen LogP contribution in [0.4, 0.5) is 0 Å². The summed E-state index contributed by atoms with van der Waals surface area (Å²) < 4.78 is 6.45. The largest absolute Gasteiger partial charge is 0.394 e. The summed E-state index contributed by atoms with van der Waals surface area (Å²) in [7, 11) is 10.3. The Morgan fingerprint density at radius 3 is 2.39 bits per heavy atom. The third kappa shape index (κ3) is 9.64. The Balaban J connectivity index is 1.15. The lowest BCUT2D eigenvalue weighted by Gasteiger charge is -2.62. The molecule has 322 valence electrons. The van der Waals surface area contributed by atoms with Gasteiger partial charge in [0.15, 0.2) is 0 Å². The monoisotopic (exact) mass is 789 g/mol. The SMILES string of the molecule is COC1C(CN2O[C@@H](CO)[C@H]([C@H](C)O)[C@H]2C(=O)N[C@H]2C[C@H]3C[C@@H]([C@@H]2C)C3(C)C)CCCC1C1CC(C(=O)N[C@H](CC2CCCCN2)CN(C)C)CC(N(C)C)C1. The van der Waals surface area contributed by atoms with Crippen molar-refractivity contribution in [2.75, 3.05) is 61.5 Å². The number of ether oxygens (including phenoxy) is 1. The molecule has 12 heteroatoms. The van der Waals surface area contributed by atoms with Crippen LogP contribution in [-0.2, 0) is 19.2 Å². The first-order chi connectivity index (χ1) is 26.6. The maximum absolute atomic E-state index is 14.4. The van der Waals surface area contributed by atoms with E-state index in [1.54, 1.807) is 12.0 Å². The number of likely N-dealkylation sites (N-methyl/N-ethyl adjacent to an activating group) is 1. The van der Waals surface area contributed by atoms with Crippen molar-refractivity contribution >= 4 is 11.8 Å². The molecule has 0 aromatic heterocycles. The van der Waals surface area contributed by atoms with Crippen LogP contribution in [0.5, 0.6) is 0 Å². The summed E-state index contributed by atoms with van der Waals surface area (Å²) in [6.45, 7) is 10.8. The van der Waals surface area contributed by atoms with Crippen molar-refractivity contribution in [3.63, 3.8) is 0 Å².